The van der Waals surface area contributed by atoms with Crippen LogP contribution in [0.2, 0.25) is 0 Å². The molecular formula is C23H33NO3. The summed E-state index contributed by atoms with van der Waals surface area (Å²) in [6.07, 6.45) is 11.8. The van der Waals surface area contributed by atoms with Crippen molar-refractivity contribution in [2.75, 3.05) is 13.2 Å². The summed E-state index contributed by atoms with van der Waals surface area (Å²) in [5.41, 5.74) is 7.11. The Morgan fingerprint density at radius 3 is 2.78 bits per heavy atom. The third kappa shape index (κ3) is 5.68. The van der Waals surface area contributed by atoms with Gasteiger partial charge < -0.3 is 20.7 Å². The largest absolute Gasteiger partial charge is 0.491 e. The predicted octanol–water partition coefficient (Wildman–Crippen LogP) is 3.44. The van der Waals surface area contributed by atoms with Crippen LogP contribution in [0.15, 0.2) is 54.1 Å². The van der Waals surface area contributed by atoms with Gasteiger partial charge in [0.1, 0.15) is 18.5 Å². The van der Waals surface area contributed by atoms with E-state index in [0.717, 1.165) is 38.0 Å². The average Bonchev–Trinajstić information content (AvgIpc) is 3.19. The predicted molar refractivity (Wildman–Crippen MR) is 108 cm³/mol. The van der Waals surface area contributed by atoms with Gasteiger partial charge in [0.05, 0.1) is 6.10 Å². The maximum absolute atomic E-state index is 10.4. The molecule has 0 unspecified atom stereocenters. The first-order valence-electron chi connectivity index (χ1n) is 10.3. The fraction of sp³-hybridized carbons (Fsp3) is 0.565. The zero-order valence-corrected chi connectivity index (χ0v) is 16.0. The first-order valence-corrected chi connectivity index (χ1v) is 10.3. The summed E-state index contributed by atoms with van der Waals surface area (Å²) in [5, 5.41) is 20.6. The number of nitrogens with two attached hydrogens (primary N) is 1. The normalized spacial score (nSPS) is 28.3. The van der Waals surface area contributed by atoms with Crippen molar-refractivity contribution in [1.29, 1.82) is 0 Å². The first kappa shape index (κ1) is 20.1. The molecule has 0 bridgehead atoms. The second-order valence-corrected chi connectivity index (χ2v) is 7.91. The van der Waals surface area contributed by atoms with Gasteiger partial charge in [-0.3, -0.25) is 0 Å². The number of benzene rings is 1. The molecule has 3 rings (SSSR count). The molecule has 0 heterocycles. The highest BCUT2D eigenvalue weighted by Crippen LogP contribution is 2.48. The number of para-hydroxylation sites is 1. The van der Waals surface area contributed by atoms with Crippen LogP contribution in [0, 0.1) is 17.8 Å². The van der Waals surface area contributed by atoms with Gasteiger partial charge in [-0.25, -0.2) is 0 Å². The number of hydrogen-bond donors (Lipinski definition) is 3. The van der Waals surface area contributed by atoms with E-state index in [1.54, 1.807) is 11.6 Å². The van der Waals surface area contributed by atoms with E-state index in [-0.39, 0.29) is 18.6 Å². The molecule has 4 nitrogen and oxygen atoms in total. The van der Waals surface area contributed by atoms with Gasteiger partial charge in [-0.05, 0) is 62.6 Å². The molecule has 0 spiro atoms. The van der Waals surface area contributed by atoms with Crippen molar-refractivity contribution < 1.29 is 14.9 Å². The highest BCUT2D eigenvalue weighted by Gasteiger charge is 2.43. The fourth-order valence-electron chi connectivity index (χ4n) is 4.47. The number of unbranched alkanes of at least 4 members (excludes halogenated alkanes) is 2. The molecule has 0 radical (unpaired) electrons. The van der Waals surface area contributed by atoms with Crippen molar-refractivity contribution in [3.8, 4) is 5.75 Å². The van der Waals surface area contributed by atoms with E-state index in [0.29, 0.717) is 11.8 Å². The molecule has 27 heavy (non-hydrogen) atoms. The second kappa shape index (κ2) is 10.1. The van der Waals surface area contributed by atoms with Crippen molar-refractivity contribution in [1.82, 2.24) is 0 Å². The Morgan fingerprint density at radius 1 is 1.19 bits per heavy atom. The minimum absolute atomic E-state index is 0.124. The van der Waals surface area contributed by atoms with E-state index in [2.05, 4.69) is 6.08 Å². The van der Waals surface area contributed by atoms with Gasteiger partial charge in [0.15, 0.2) is 0 Å². The molecule has 1 fully saturated rings. The zero-order valence-electron chi connectivity index (χ0n) is 16.0. The number of fused-ring (bicyclic) bond motifs is 1. The summed E-state index contributed by atoms with van der Waals surface area (Å²) in [6, 6.07) is 9.51. The second-order valence-electron chi connectivity index (χ2n) is 7.91. The van der Waals surface area contributed by atoms with Crippen molar-refractivity contribution in [2.45, 2.75) is 50.7 Å². The standard InChI is InChI=1S/C23H33NO3/c24-12-6-2-3-7-17-13-18-15-23(26)21(22(18)14-17)11-10-19(25)16-27-20-8-4-1-5-9-20/h1,4-5,8-11,13,18-19,21-23,25-26H,2-3,6-7,12,14-16,24H2/t18-,19+,21+,22-,23+/m0/s1. The topological polar surface area (TPSA) is 75.7 Å². The van der Waals surface area contributed by atoms with E-state index < -0.39 is 6.10 Å². The molecule has 4 heteroatoms. The lowest BCUT2D eigenvalue weighted by atomic mass is 9.88. The molecule has 0 saturated heterocycles. The first-order chi connectivity index (χ1) is 13.2. The molecule has 0 aromatic heterocycles. The van der Waals surface area contributed by atoms with Gasteiger partial charge in [-0.2, -0.15) is 0 Å². The van der Waals surface area contributed by atoms with Crippen LogP contribution in [-0.2, 0) is 0 Å². The summed E-state index contributed by atoms with van der Waals surface area (Å²) in [4.78, 5) is 0. The van der Waals surface area contributed by atoms with Gasteiger partial charge >= 0.3 is 0 Å². The maximum Gasteiger partial charge on any atom is 0.119 e. The Bertz CT molecular complexity index is 628. The average molecular weight is 372 g/mol. The fourth-order valence-corrected chi connectivity index (χ4v) is 4.47. The molecule has 148 valence electrons. The highest BCUT2D eigenvalue weighted by atomic mass is 16.5. The maximum atomic E-state index is 10.4. The molecule has 1 aromatic carbocycles. The van der Waals surface area contributed by atoms with Gasteiger partial charge in [0, 0.05) is 5.92 Å². The number of aliphatic hydroxyl groups is 2. The van der Waals surface area contributed by atoms with Crippen LogP contribution >= 0.6 is 0 Å². The molecule has 0 aliphatic heterocycles. The van der Waals surface area contributed by atoms with E-state index >= 15 is 0 Å². The van der Waals surface area contributed by atoms with Crippen LogP contribution < -0.4 is 10.5 Å². The molecular weight excluding hydrogens is 338 g/mol. The van der Waals surface area contributed by atoms with E-state index in [4.69, 9.17) is 10.5 Å². The summed E-state index contributed by atoms with van der Waals surface area (Å²) < 4.78 is 5.59. The quantitative estimate of drug-likeness (QED) is 0.435. The number of allylic oxidation sites excluding steroid dienone is 2. The van der Waals surface area contributed by atoms with Crippen molar-refractivity contribution >= 4 is 0 Å². The lowest BCUT2D eigenvalue weighted by Gasteiger charge is -2.19. The van der Waals surface area contributed by atoms with Crippen molar-refractivity contribution in [3.63, 3.8) is 0 Å². The number of hydrogen-bond acceptors (Lipinski definition) is 4. The van der Waals surface area contributed by atoms with Crippen LogP contribution in [0.4, 0.5) is 0 Å². The summed E-state index contributed by atoms with van der Waals surface area (Å²) in [5.74, 6) is 1.84. The third-order valence-corrected chi connectivity index (χ3v) is 5.87. The van der Waals surface area contributed by atoms with Crippen molar-refractivity contribution in [3.05, 3.63) is 54.1 Å². The molecule has 0 amide bonds. The van der Waals surface area contributed by atoms with Crippen LogP contribution in [0.25, 0.3) is 0 Å². The van der Waals surface area contributed by atoms with Crippen LogP contribution in [-0.4, -0.2) is 35.6 Å². The minimum atomic E-state index is -0.665. The number of rotatable bonds is 10. The van der Waals surface area contributed by atoms with Crippen molar-refractivity contribution in [2.24, 2.45) is 23.5 Å². The van der Waals surface area contributed by atoms with Gasteiger partial charge in [-0.1, -0.05) is 48.4 Å². The molecule has 5 atom stereocenters. The molecule has 2 aliphatic rings. The Balaban J connectivity index is 1.46. The van der Waals surface area contributed by atoms with Crippen LogP contribution in [0.5, 0.6) is 5.75 Å². The molecule has 1 saturated carbocycles. The molecule has 2 aliphatic carbocycles. The third-order valence-electron chi connectivity index (χ3n) is 5.87. The minimum Gasteiger partial charge on any atom is -0.491 e. The lowest BCUT2D eigenvalue weighted by Crippen LogP contribution is -2.19. The summed E-state index contributed by atoms with van der Waals surface area (Å²) in [7, 11) is 0. The molecule has 1 aromatic rings. The highest BCUT2D eigenvalue weighted by molar-refractivity contribution is 5.22. The summed E-state index contributed by atoms with van der Waals surface area (Å²) >= 11 is 0. The smallest absolute Gasteiger partial charge is 0.119 e. The van der Waals surface area contributed by atoms with Gasteiger partial charge in [0.2, 0.25) is 0 Å². The molecule has 4 N–H and O–H groups in total. The lowest BCUT2D eigenvalue weighted by molar-refractivity contribution is 0.133. The zero-order chi connectivity index (χ0) is 19.1. The Hall–Kier alpha value is -1.62. The SMILES string of the molecule is NCCCCCC1=C[C@H]2C[C@@H](O)[C@H](C=C[C@@H](O)COc3ccccc3)[C@H]2C1. The number of ether oxygens (including phenoxy) is 1. The van der Waals surface area contributed by atoms with Gasteiger partial charge in [0.25, 0.3) is 0 Å². The Labute approximate surface area is 162 Å². The van der Waals surface area contributed by atoms with E-state index in [1.165, 1.54) is 12.8 Å². The van der Waals surface area contributed by atoms with Gasteiger partial charge in [-0.15, -0.1) is 0 Å². The Morgan fingerprint density at radius 2 is 2.00 bits per heavy atom. The van der Waals surface area contributed by atoms with Crippen LogP contribution in [0.3, 0.4) is 0 Å². The van der Waals surface area contributed by atoms with E-state index in [1.807, 2.05) is 36.4 Å². The van der Waals surface area contributed by atoms with Crippen LogP contribution in [0.1, 0.15) is 38.5 Å². The Kier molecular flexibility index (Phi) is 7.50. The monoisotopic (exact) mass is 371 g/mol. The van der Waals surface area contributed by atoms with E-state index in [9.17, 15) is 10.2 Å². The summed E-state index contributed by atoms with van der Waals surface area (Å²) in [6.45, 7) is 1.00. The number of aliphatic hydroxyl groups excluding tert-OH is 2.